The van der Waals surface area contributed by atoms with Crippen molar-refractivity contribution in [2.24, 2.45) is 0 Å². The van der Waals surface area contributed by atoms with Crippen LogP contribution in [0.3, 0.4) is 0 Å². The Hall–Kier alpha value is 0.0700. The van der Waals surface area contributed by atoms with Gasteiger partial charge >= 0.3 is 7.60 Å². The van der Waals surface area contributed by atoms with Gasteiger partial charge in [0.25, 0.3) is 0 Å². The van der Waals surface area contributed by atoms with Crippen LogP contribution in [0.5, 0.6) is 0 Å². The van der Waals surface area contributed by atoms with Crippen LogP contribution in [0.25, 0.3) is 0 Å². The molecule has 5 nitrogen and oxygen atoms in total. The molecular formula is C18H39O5P. The third-order valence-corrected chi connectivity index (χ3v) is 6.00. The lowest BCUT2D eigenvalue weighted by Crippen LogP contribution is -2.22. The molecule has 1 atom stereocenters. The van der Waals surface area contributed by atoms with Gasteiger partial charge in [0.15, 0.2) is 0 Å². The molecule has 146 valence electrons. The summed E-state index contributed by atoms with van der Waals surface area (Å²) >= 11 is 0. The zero-order valence-electron chi connectivity index (χ0n) is 16.3. The first kappa shape index (κ1) is 24.1. The fourth-order valence-corrected chi connectivity index (χ4v) is 3.52. The van der Waals surface area contributed by atoms with E-state index in [0.29, 0.717) is 19.2 Å². The van der Waals surface area contributed by atoms with Crippen molar-refractivity contribution >= 4 is 7.60 Å². The van der Waals surface area contributed by atoms with E-state index in [4.69, 9.17) is 18.5 Å². The molecule has 0 spiro atoms. The Morgan fingerprint density at radius 3 is 1.96 bits per heavy atom. The number of hydrogen-bond donors (Lipinski definition) is 0. The van der Waals surface area contributed by atoms with Gasteiger partial charge in [-0.2, -0.15) is 0 Å². The fourth-order valence-electron chi connectivity index (χ4n) is 2.40. The molecule has 0 bridgehead atoms. The summed E-state index contributed by atoms with van der Waals surface area (Å²) in [7, 11) is -0.123. The average Bonchev–Trinajstić information content (AvgIpc) is 2.61. The highest BCUT2D eigenvalue weighted by Gasteiger charge is 2.23. The monoisotopic (exact) mass is 366 g/mol. The molecule has 0 aromatic rings. The van der Waals surface area contributed by atoms with Gasteiger partial charge in [0, 0.05) is 27.4 Å². The molecule has 0 rings (SSSR count). The van der Waals surface area contributed by atoms with E-state index in [1.165, 1.54) is 52.7 Å². The Kier molecular flexibility index (Phi) is 16.6. The quantitative estimate of drug-likeness (QED) is 0.239. The maximum Gasteiger partial charge on any atom is 0.330 e. The number of rotatable bonds is 18. The fraction of sp³-hybridized carbons (Fsp3) is 1.00. The van der Waals surface area contributed by atoms with Crippen molar-refractivity contribution in [1.29, 1.82) is 0 Å². The van der Waals surface area contributed by atoms with Crippen LogP contribution < -0.4 is 0 Å². The van der Waals surface area contributed by atoms with Gasteiger partial charge in [0.2, 0.25) is 0 Å². The molecule has 0 radical (unpaired) electrons. The van der Waals surface area contributed by atoms with Crippen molar-refractivity contribution in [3.8, 4) is 0 Å². The summed E-state index contributed by atoms with van der Waals surface area (Å²) in [5, 5.41) is 0. The Morgan fingerprint density at radius 1 is 0.833 bits per heavy atom. The van der Waals surface area contributed by atoms with Crippen LogP contribution in [0.4, 0.5) is 0 Å². The summed E-state index contributed by atoms with van der Waals surface area (Å²) < 4.78 is 33.9. The molecule has 0 amide bonds. The van der Waals surface area contributed by atoms with E-state index >= 15 is 0 Å². The van der Waals surface area contributed by atoms with E-state index in [-0.39, 0.29) is 6.10 Å². The van der Waals surface area contributed by atoms with Gasteiger partial charge in [0.1, 0.15) is 0 Å². The van der Waals surface area contributed by atoms with Gasteiger partial charge in [-0.3, -0.25) is 4.57 Å². The topological polar surface area (TPSA) is 54.0 Å². The third-order valence-electron chi connectivity index (χ3n) is 4.08. The average molecular weight is 366 g/mol. The Morgan fingerprint density at radius 2 is 1.42 bits per heavy atom. The van der Waals surface area contributed by atoms with E-state index in [9.17, 15) is 4.57 Å². The molecule has 0 aliphatic carbocycles. The summed E-state index contributed by atoms with van der Waals surface area (Å²) in [5.74, 6) is 0. The second-order valence-electron chi connectivity index (χ2n) is 6.18. The molecule has 0 saturated carbocycles. The third kappa shape index (κ3) is 13.4. The highest BCUT2D eigenvalue weighted by atomic mass is 31.2. The van der Waals surface area contributed by atoms with E-state index in [0.717, 1.165) is 26.1 Å². The van der Waals surface area contributed by atoms with E-state index in [2.05, 4.69) is 13.8 Å². The zero-order chi connectivity index (χ0) is 18.1. The van der Waals surface area contributed by atoms with Crippen LogP contribution in [0.2, 0.25) is 0 Å². The van der Waals surface area contributed by atoms with Crippen molar-refractivity contribution in [3.63, 3.8) is 0 Å². The second-order valence-corrected chi connectivity index (χ2v) is 8.58. The summed E-state index contributed by atoms with van der Waals surface area (Å²) in [6, 6.07) is 0. The highest BCUT2D eigenvalue weighted by molar-refractivity contribution is 7.53. The molecule has 0 unspecified atom stereocenters. The summed E-state index contributed by atoms with van der Waals surface area (Å²) in [5.41, 5.74) is 0. The van der Waals surface area contributed by atoms with Crippen LogP contribution in [-0.4, -0.2) is 46.3 Å². The van der Waals surface area contributed by atoms with Crippen LogP contribution in [-0.2, 0) is 23.1 Å². The molecule has 24 heavy (non-hydrogen) atoms. The van der Waals surface area contributed by atoms with Crippen LogP contribution in [0, 0.1) is 0 Å². The predicted molar refractivity (Wildman–Crippen MR) is 100.0 cm³/mol. The lowest BCUT2D eigenvalue weighted by Gasteiger charge is -2.20. The van der Waals surface area contributed by atoms with Crippen LogP contribution in [0.15, 0.2) is 0 Å². The molecular weight excluding hydrogens is 327 g/mol. The van der Waals surface area contributed by atoms with Gasteiger partial charge in [-0.1, -0.05) is 52.4 Å². The largest absolute Gasteiger partial charge is 0.379 e. The predicted octanol–water partition coefficient (Wildman–Crippen LogP) is 5.42. The van der Waals surface area contributed by atoms with Crippen molar-refractivity contribution < 1.29 is 23.1 Å². The van der Waals surface area contributed by atoms with Gasteiger partial charge in [0.05, 0.1) is 18.9 Å². The van der Waals surface area contributed by atoms with Crippen LogP contribution >= 0.6 is 7.60 Å². The van der Waals surface area contributed by atoms with E-state index in [1.54, 1.807) is 0 Å². The first-order valence-electron chi connectivity index (χ1n) is 9.51. The van der Waals surface area contributed by atoms with Gasteiger partial charge in [-0.15, -0.1) is 0 Å². The standard InChI is InChI=1S/C18H39O5P/c1-5-7-9-11-14-22-17-18(23-15-12-10-8-6-2)13-16-24(19,20-3)21-4/h18H,5-17H2,1-4H3/t18-/m1/s1. The number of unbranched alkanes of at least 4 members (excludes halogenated alkanes) is 6. The highest BCUT2D eigenvalue weighted by Crippen LogP contribution is 2.47. The number of hydrogen-bond acceptors (Lipinski definition) is 5. The van der Waals surface area contributed by atoms with Gasteiger partial charge in [-0.25, -0.2) is 0 Å². The molecule has 0 aliphatic heterocycles. The van der Waals surface area contributed by atoms with Gasteiger partial charge in [-0.05, 0) is 19.3 Å². The lowest BCUT2D eigenvalue weighted by molar-refractivity contribution is -0.0202. The van der Waals surface area contributed by atoms with Gasteiger partial charge < -0.3 is 18.5 Å². The van der Waals surface area contributed by atoms with Crippen molar-refractivity contribution in [3.05, 3.63) is 0 Å². The Bertz CT molecular complexity index is 304. The Balaban J connectivity index is 4.10. The Labute approximate surface area is 149 Å². The smallest absolute Gasteiger partial charge is 0.330 e. The normalized spacial score (nSPS) is 13.3. The number of ether oxygens (including phenoxy) is 2. The molecule has 0 heterocycles. The summed E-state index contributed by atoms with van der Waals surface area (Å²) in [4.78, 5) is 0. The maximum atomic E-state index is 12.2. The van der Waals surface area contributed by atoms with Crippen molar-refractivity contribution in [1.82, 2.24) is 0 Å². The van der Waals surface area contributed by atoms with Crippen molar-refractivity contribution in [2.45, 2.75) is 77.7 Å². The minimum Gasteiger partial charge on any atom is -0.379 e. The summed E-state index contributed by atoms with van der Waals surface area (Å²) in [6.45, 7) is 6.44. The minimum absolute atomic E-state index is 0.0450. The lowest BCUT2D eigenvalue weighted by atomic mass is 10.2. The van der Waals surface area contributed by atoms with Crippen molar-refractivity contribution in [2.75, 3.05) is 40.2 Å². The van der Waals surface area contributed by atoms with E-state index < -0.39 is 7.60 Å². The first-order valence-corrected chi connectivity index (χ1v) is 11.2. The molecule has 0 aliphatic rings. The molecule has 0 aromatic carbocycles. The first-order chi connectivity index (χ1) is 11.6. The van der Waals surface area contributed by atoms with E-state index in [1.807, 2.05) is 0 Å². The zero-order valence-corrected chi connectivity index (χ0v) is 17.2. The van der Waals surface area contributed by atoms with Crippen LogP contribution in [0.1, 0.15) is 71.6 Å². The molecule has 0 N–H and O–H groups in total. The maximum absolute atomic E-state index is 12.2. The molecule has 0 saturated heterocycles. The molecule has 0 fully saturated rings. The summed E-state index contributed by atoms with van der Waals surface area (Å²) in [6.07, 6.45) is 10.4. The molecule has 6 heteroatoms. The second kappa shape index (κ2) is 16.5. The molecule has 0 aromatic heterocycles. The minimum atomic E-state index is -2.97. The SMILES string of the molecule is CCCCCCOC[C@@H](CCP(=O)(OC)OC)OCCCCCC.